The average molecular weight is 359 g/mol. The summed E-state index contributed by atoms with van der Waals surface area (Å²) < 4.78 is 6.26. The number of benzene rings is 1. The molecule has 0 aromatic heterocycles. The quantitative estimate of drug-likeness (QED) is 0.878. The number of fused-ring (bicyclic) bond motifs is 3. The van der Waals surface area contributed by atoms with Crippen LogP contribution in [-0.2, 0) is 0 Å². The Bertz CT molecular complexity index is 549. The van der Waals surface area contributed by atoms with Gasteiger partial charge in [-0.3, -0.25) is 0 Å². The van der Waals surface area contributed by atoms with Gasteiger partial charge in [0.05, 0.1) is 17.7 Å². The molecule has 1 aromatic carbocycles. The summed E-state index contributed by atoms with van der Waals surface area (Å²) in [6, 6.07) is 3.68. The highest BCUT2D eigenvalue weighted by Gasteiger charge is 2.36. The van der Waals surface area contributed by atoms with E-state index in [4.69, 9.17) is 16.3 Å². The Morgan fingerprint density at radius 2 is 2.10 bits per heavy atom. The fourth-order valence-electron chi connectivity index (χ4n) is 3.14. The summed E-state index contributed by atoms with van der Waals surface area (Å²) in [7, 11) is 1.64. The largest absolute Gasteiger partial charge is 0.495 e. The van der Waals surface area contributed by atoms with Gasteiger partial charge in [-0.25, -0.2) is 0 Å². The number of aliphatic hydroxyl groups excluding tert-OH is 1. The fraction of sp³-hybridized carbons (Fsp3) is 0.467. The van der Waals surface area contributed by atoms with Crippen LogP contribution in [0.4, 0.5) is 0 Å². The normalized spacial score (nSPS) is 27.2. The molecular formula is C15H17BrClNO2. The number of nitrogens with zero attached hydrogens (tertiary/aromatic N) is 1. The van der Waals surface area contributed by atoms with E-state index in [2.05, 4.69) is 20.8 Å². The van der Waals surface area contributed by atoms with Crippen molar-refractivity contribution in [1.29, 1.82) is 0 Å². The van der Waals surface area contributed by atoms with Gasteiger partial charge >= 0.3 is 0 Å². The molecule has 4 rings (SSSR count). The Balaban J connectivity index is 2.03. The molecule has 3 saturated heterocycles. The van der Waals surface area contributed by atoms with Crippen LogP contribution in [0, 0.1) is 5.92 Å². The number of aliphatic hydroxyl groups is 1. The van der Waals surface area contributed by atoms with Crippen LogP contribution < -0.4 is 4.74 Å². The zero-order chi connectivity index (χ0) is 14.3. The number of methoxy groups -OCH3 is 1. The second-order valence-corrected chi connectivity index (χ2v) is 6.64. The van der Waals surface area contributed by atoms with Crippen LogP contribution in [0.5, 0.6) is 5.75 Å². The number of hydrogen-bond acceptors (Lipinski definition) is 3. The third-order valence-electron chi connectivity index (χ3n) is 4.20. The number of piperidine rings is 3. The molecule has 0 unspecified atom stereocenters. The van der Waals surface area contributed by atoms with Crippen molar-refractivity contribution in [3.63, 3.8) is 0 Å². The number of ether oxygens (including phenoxy) is 1. The Hall–Kier alpha value is -0.710. The van der Waals surface area contributed by atoms with E-state index in [-0.39, 0.29) is 6.10 Å². The zero-order valence-corrected chi connectivity index (χ0v) is 13.6. The van der Waals surface area contributed by atoms with E-state index in [0.717, 1.165) is 47.4 Å². The van der Waals surface area contributed by atoms with Gasteiger partial charge in [0.2, 0.25) is 0 Å². The van der Waals surface area contributed by atoms with Gasteiger partial charge in [-0.1, -0.05) is 11.6 Å². The second-order valence-electron chi connectivity index (χ2n) is 5.35. The molecule has 3 aliphatic heterocycles. The molecule has 2 bridgehead atoms. The van der Waals surface area contributed by atoms with Crippen LogP contribution >= 0.6 is 27.5 Å². The van der Waals surface area contributed by atoms with Crippen molar-refractivity contribution in [3.05, 3.63) is 32.9 Å². The van der Waals surface area contributed by atoms with Crippen LogP contribution in [0.1, 0.15) is 18.4 Å². The third kappa shape index (κ3) is 2.45. The molecule has 0 aliphatic carbocycles. The summed E-state index contributed by atoms with van der Waals surface area (Å²) in [5, 5.41) is 11.1. The Kier molecular flexibility index (Phi) is 3.98. The summed E-state index contributed by atoms with van der Waals surface area (Å²) in [5.41, 5.74) is 1.88. The Labute approximate surface area is 132 Å². The van der Waals surface area contributed by atoms with Crippen molar-refractivity contribution >= 4 is 33.6 Å². The molecule has 0 spiro atoms. The van der Waals surface area contributed by atoms with Crippen molar-refractivity contribution < 1.29 is 9.84 Å². The minimum atomic E-state index is -0.375. The van der Waals surface area contributed by atoms with Gasteiger partial charge < -0.3 is 14.7 Å². The van der Waals surface area contributed by atoms with Crippen LogP contribution in [0.3, 0.4) is 0 Å². The first-order valence-corrected chi connectivity index (χ1v) is 7.95. The standard InChI is InChI=1S/C15H17BrClNO2/c1-20-15-10(6-11(17)8-12(15)16)7-13-14(19)9-2-4-18(13)5-3-9/h6-9,14,19H,2-5H2,1H3/b13-7-/t14-/m0/s1. The monoisotopic (exact) mass is 357 g/mol. The van der Waals surface area contributed by atoms with E-state index in [1.807, 2.05) is 18.2 Å². The molecule has 20 heavy (non-hydrogen) atoms. The van der Waals surface area contributed by atoms with Crippen LogP contribution in [0.15, 0.2) is 22.3 Å². The number of halogens is 2. The molecule has 108 valence electrons. The molecule has 1 N–H and O–H groups in total. The van der Waals surface area contributed by atoms with Crippen molar-refractivity contribution in [2.75, 3.05) is 20.2 Å². The molecule has 0 amide bonds. The molecule has 3 nitrogen and oxygen atoms in total. The molecule has 5 heteroatoms. The van der Waals surface area contributed by atoms with Gasteiger partial charge in [0.15, 0.2) is 0 Å². The lowest BCUT2D eigenvalue weighted by molar-refractivity contribution is 0.0215. The van der Waals surface area contributed by atoms with E-state index in [1.54, 1.807) is 7.11 Å². The maximum Gasteiger partial charge on any atom is 0.140 e. The molecule has 3 aliphatic rings. The van der Waals surface area contributed by atoms with Crippen molar-refractivity contribution in [2.24, 2.45) is 5.92 Å². The van der Waals surface area contributed by atoms with Gasteiger partial charge in [0.25, 0.3) is 0 Å². The second kappa shape index (κ2) is 5.58. The van der Waals surface area contributed by atoms with Gasteiger partial charge in [-0.2, -0.15) is 0 Å². The van der Waals surface area contributed by atoms with E-state index in [0.29, 0.717) is 10.9 Å². The molecule has 1 atom stereocenters. The Morgan fingerprint density at radius 3 is 2.70 bits per heavy atom. The van der Waals surface area contributed by atoms with Gasteiger partial charge in [-0.05, 0) is 52.9 Å². The smallest absolute Gasteiger partial charge is 0.140 e. The van der Waals surface area contributed by atoms with Gasteiger partial charge in [-0.15, -0.1) is 0 Å². The van der Waals surface area contributed by atoms with Crippen molar-refractivity contribution in [2.45, 2.75) is 18.9 Å². The maximum atomic E-state index is 10.4. The summed E-state index contributed by atoms with van der Waals surface area (Å²) in [6.45, 7) is 2.05. The first kappa shape index (κ1) is 14.2. The molecular weight excluding hydrogens is 342 g/mol. The highest BCUT2D eigenvalue weighted by molar-refractivity contribution is 9.10. The lowest BCUT2D eigenvalue weighted by atomic mass is 9.83. The molecule has 1 aromatic rings. The van der Waals surface area contributed by atoms with E-state index in [1.165, 1.54) is 0 Å². The molecule has 3 fully saturated rings. The highest BCUT2D eigenvalue weighted by Crippen LogP contribution is 2.39. The van der Waals surface area contributed by atoms with Crippen molar-refractivity contribution in [1.82, 2.24) is 4.90 Å². The minimum absolute atomic E-state index is 0.375. The topological polar surface area (TPSA) is 32.7 Å². The summed E-state index contributed by atoms with van der Waals surface area (Å²) in [5.74, 6) is 1.14. The number of rotatable bonds is 2. The first-order valence-electron chi connectivity index (χ1n) is 6.78. The van der Waals surface area contributed by atoms with E-state index in [9.17, 15) is 5.11 Å². The molecule has 3 heterocycles. The average Bonchev–Trinajstić information content (AvgIpc) is 2.43. The SMILES string of the molecule is COc1c(Br)cc(Cl)cc1/C=C1/[C@@H](O)C2CCN1CC2. The summed E-state index contributed by atoms with van der Waals surface area (Å²) in [4.78, 5) is 2.26. The maximum absolute atomic E-state index is 10.4. The van der Waals surface area contributed by atoms with E-state index < -0.39 is 0 Å². The van der Waals surface area contributed by atoms with Crippen LogP contribution in [0.2, 0.25) is 5.02 Å². The highest BCUT2D eigenvalue weighted by atomic mass is 79.9. The summed E-state index contributed by atoms with van der Waals surface area (Å²) >= 11 is 9.59. The molecule has 0 saturated carbocycles. The fourth-order valence-corrected chi connectivity index (χ4v) is 4.14. The number of hydrogen-bond donors (Lipinski definition) is 1. The van der Waals surface area contributed by atoms with Gasteiger partial charge in [0.1, 0.15) is 5.75 Å². The first-order chi connectivity index (χ1) is 9.60. The Morgan fingerprint density at radius 1 is 1.40 bits per heavy atom. The lowest BCUT2D eigenvalue weighted by Gasteiger charge is -2.46. The van der Waals surface area contributed by atoms with Gasteiger partial charge in [0, 0.05) is 29.4 Å². The zero-order valence-electron chi connectivity index (χ0n) is 11.3. The van der Waals surface area contributed by atoms with Crippen molar-refractivity contribution in [3.8, 4) is 5.75 Å². The minimum Gasteiger partial charge on any atom is -0.495 e. The summed E-state index contributed by atoms with van der Waals surface area (Å²) in [6.07, 6.45) is 3.79. The lowest BCUT2D eigenvalue weighted by Crippen LogP contribution is -2.48. The predicted octanol–water partition coefficient (Wildman–Crippen LogP) is 3.54. The van der Waals surface area contributed by atoms with Crippen LogP contribution in [-0.4, -0.2) is 36.3 Å². The molecule has 0 radical (unpaired) electrons. The van der Waals surface area contributed by atoms with Crippen LogP contribution in [0.25, 0.3) is 6.08 Å². The van der Waals surface area contributed by atoms with E-state index >= 15 is 0 Å². The third-order valence-corrected chi connectivity index (χ3v) is 5.01. The predicted molar refractivity (Wildman–Crippen MR) is 84.0 cm³/mol.